The van der Waals surface area contributed by atoms with Crippen molar-refractivity contribution in [1.82, 2.24) is 15.3 Å². The first kappa shape index (κ1) is 19.7. The van der Waals surface area contributed by atoms with Crippen molar-refractivity contribution in [3.05, 3.63) is 46.7 Å². The van der Waals surface area contributed by atoms with E-state index in [0.29, 0.717) is 18.3 Å². The van der Waals surface area contributed by atoms with Crippen molar-refractivity contribution in [3.63, 3.8) is 0 Å². The highest BCUT2D eigenvalue weighted by Gasteiger charge is 2.22. The van der Waals surface area contributed by atoms with Gasteiger partial charge in [-0.2, -0.15) is 4.98 Å². The van der Waals surface area contributed by atoms with Gasteiger partial charge in [-0.3, -0.25) is 0 Å². The molecule has 2 aromatic heterocycles. The Kier molecular flexibility index (Phi) is 5.97. The van der Waals surface area contributed by atoms with Crippen molar-refractivity contribution in [2.45, 2.75) is 71.6 Å². The van der Waals surface area contributed by atoms with Crippen LogP contribution in [0.4, 0.5) is 0 Å². The topological polar surface area (TPSA) is 74.2 Å². The molecule has 0 saturated heterocycles. The maximum atomic E-state index is 6.06. The summed E-state index contributed by atoms with van der Waals surface area (Å²) in [6.45, 7) is 6.69. The van der Waals surface area contributed by atoms with Crippen LogP contribution in [0.3, 0.4) is 0 Å². The number of hydrogen-bond acceptors (Lipinski definition) is 6. The van der Waals surface area contributed by atoms with Crippen molar-refractivity contribution < 1.29 is 13.8 Å². The van der Waals surface area contributed by atoms with E-state index in [1.807, 2.05) is 13.0 Å². The van der Waals surface area contributed by atoms with E-state index in [9.17, 15) is 0 Å². The van der Waals surface area contributed by atoms with Crippen LogP contribution in [0, 0.1) is 20.8 Å². The van der Waals surface area contributed by atoms with Crippen molar-refractivity contribution in [2.24, 2.45) is 0 Å². The monoisotopic (exact) mass is 395 g/mol. The number of ether oxygens (including phenoxy) is 1. The first-order valence-electron chi connectivity index (χ1n) is 10.6. The third-order valence-electron chi connectivity index (χ3n) is 5.61. The molecule has 6 nitrogen and oxygen atoms in total. The molecule has 1 fully saturated rings. The van der Waals surface area contributed by atoms with Crippen LogP contribution in [0.25, 0.3) is 11.4 Å². The van der Waals surface area contributed by atoms with Crippen LogP contribution < -0.4 is 4.74 Å². The van der Waals surface area contributed by atoms with Gasteiger partial charge in [0.25, 0.3) is 0 Å². The Morgan fingerprint density at radius 3 is 2.41 bits per heavy atom. The fraction of sp³-hybridized carbons (Fsp3) is 0.522. The third-order valence-corrected chi connectivity index (χ3v) is 5.61. The van der Waals surface area contributed by atoms with Gasteiger partial charge < -0.3 is 13.8 Å². The smallest absolute Gasteiger partial charge is 0.230 e. The Bertz CT molecular complexity index is 931. The fourth-order valence-corrected chi connectivity index (χ4v) is 4.13. The van der Waals surface area contributed by atoms with E-state index in [2.05, 4.69) is 36.3 Å². The average Bonchev–Trinajstić information content (AvgIpc) is 3.37. The van der Waals surface area contributed by atoms with E-state index in [1.54, 1.807) is 0 Å². The van der Waals surface area contributed by atoms with Crippen molar-refractivity contribution in [2.75, 3.05) is 6.61 Å². The van der Waals surface area contributed by atoms with E-state index in [4.69, 9.17) is 18.8 Å². The molecule has 3 aromatic rings. The zero-order chi connectivity index (χ0) is 20.2. The molecule has 6 heteroatoms. The molecule has 0 spiro atoms. The van der Waals surface area contributed by atoms with Crippen LogP contribution in [0.1, 0.15) is 72.9 Å². The summed E-state index contributed by atoms with van der Waals surface area (Å²) in [4.78, 5) is 4.69. The molecule has 1 aromatic carbocycles. The number of nitrogens with zero attached hydrogens (tertiary/aromatic N) is 3. The van der Waals surface area contributed by atoms with Gasteiger partial charge in [-0.25, -0.2) is 0 Å². The molecule has 29 heavy (non-hydrogen) atoms. The Morgan fingerprint density at radius 2 is 1.72 bits per heavy atom. The minimum Gasteiger partial charge on any atom is -0.493 e. The molecule has 0 aliphatic heterocycles. The molecule has 1 saturated carbocycles. The normalized spacial score (nSPS) is 15.0. The molecule has 1 aliphatic carbocycles. The molecule has 154 valence electrons. The summed E-state index contributed by atoms with van der Waals surface area (Å²) < 4.78 is 16.9. The highest BCUT2D eigenvalue weighted by atomic mass is 16.5. The molecule has 0 unspecified atom stereocenters. The first-order chi connectivity index (χ1) is 14.1. The summed E-state index contributed by atoms with van der Waals surface area (Å²) in [5, 5.41) is 8.16. The number of aryl methyl sites for hydroxylation is 4. The summed E-state index contributed by atoms with van der Waals surface area (Å²) in [5.41, 5.74) is 4.06. The Hall–Kier alpha value is -2.63. The summed E-state index contributed by atoms with van der Waals surface area (Å²) in [6, 6.07) is 6.13. The molecule has 0 radical (unpaired) electrons. The van der Waals surface area contributed by atoms with Crippen LogP contribution in [-0.4, -0.2) is 21.9 Å². The van der Waals surface area contributed by atoms with E-state index in [-0.39, 0.29) is 0 Å². The molecule has 0 bridgehead atoms. The quantitative estimate of drug-likeness (QED) is 0.477. The molecular weight excluding hydrogens is 366 g/mol. The molecule has 4 rings (SSSR count). The van der Waals surface area contributed by atoms with Crippen molar-refractivity contribution >= 4 is 0 Å². The molecule has 1 aliphatic rings. The van der Waals surface area contributed by atoms with Gasteiger partial charge in [-0.1, -0.05) is 29.6 Å². The van der Waals surface area contributed by atoms with Crippen molar-refractivity contribution in [3.8, 4) is 17.1 Å². The average molecular weight is 396 g/mol. The zero-order valence-electron chi connectivity index (χ0n) is 17.5. The number of hydrogen-bond donors (Lipinski definition) is 0. The lowest BCUT2D eigenvalue weighted by Gasteiger charge is -2.17. The van der Waals surface area contributed by atoms with E-state index in [1.165, 1.54) is 19.3 Å². The Balaban J connectivity index is 1.39. The summed E-state index contributed by atoms with van der Waals surface area (Å²) >= 11 is 0. The number of benzene rings is 1. The minimum absolute atomic E-state index is 0.419. The second kappa shape index (κ2) is 8.80. The van der Waals surface area contributed by atoms with E-state index >= 15 is 0 Å². The summed E-state index contributed by atoms with van der Waals surface area (Å²) in [6.07, 6.45) is 7.83. The predicted octanol–water partition coefficient (Wildman–Crippen LogP) is 5.71. The van der Waals surface area contributed by atoms with Crippen LogP contribution in [0.5, 0.6) is 5.75 Å². The minimum atomic E-state index is 0.419. The second-order valence-corrected chi connectivity index (χ2v) is 8.12. The SMILES string of the molecule is Cc1cc(CCCOc2c(C)cc(-c3noc(C4CCCCC4)n3)cc2C)on1. The van der Waals surface area contributed by atoms with E-state index in [0.717, 1.165) is 65.5 Å². The first-order valence-corrected chi connectivity index (χ1v) is 10.6. The van der Waals surface area contributed by atoms with Gasteiger partial charge in [0.05, 0.1) is 12.3 Å². The van der Waals surface area contributed by atoms with Gasteiger partial charge in [0.1, 0.15) is 11.5 Å². The van der Waals surface area contributed by atoms with Crippen LogP contribution >= 0.6 is 0 Å². The Labute approximate surface area is 171 Å². The van der Waals surface area contributed by atoms with E-state index < -0.39 is 0 Å². The highest BCUT2D eigenvalue weighted by molar-refractivity contribution is 5.61. The molecular formula is C23H29N3O3. The number of aromatic nitrogens is 3. The summed E-state index contributed by atoms with van der Waals surface area (Å²) in [5.74, 6) is 3.71. The van der Waals surface area contributed by atoms with Crippen LogP contribution in [-0.2, 0) is 6.42 Å². The van der Waals surface area contributed by atoms with Crippen molar-refractivity contribution in [1.29, 1.82) is 0 Å². The van der Waals surface area contributed by atoms with Gasteiger partial charge in [-0.15, -0.1) is 0 Å². The molecule has 0 amide bonds. The summed E-state index contributed by atoms with van der Waals surface area (Å²) in [7, 11) is 0. The molecule has 0 atom stereocenters. The van der Waals surface area contributed by atoms with Crippen LogP contribution in [0.2, 0.25) is 0 Å². The second-order valence-electron chi connectivity index (χ2n) is 8.12. The van der Waals surface area contributed by atoms with Gasteiger partial charge in [0, 0.05) is 24.0 Å². The third kappa shape index (κ3) is 4.69. The lowest BCUT2D eigenvalue weighted by Crippen LogP contribution is -2.04. The predicted molar refractivity (Wildman–Crippen MR) is 110 cm³/mol. The Morgan fingerprint density at radius 1 is 0.966 bits per heavy atom. The lowest BCUT2D eigenvalue weighted by atomic mass is 9.89. The largest absolute Gasteiger partial charge is 0.493 e. The van der Waals surface area contributed by atoms with Crippen LogP contribution in [0.15, 0.2) is 27.2 Å². The van der Waals surface area contributed by atoms with Gasteiger partial charge in [-0.05, 0) is 63.3 Å². The highest BCUT2D eigenvalue weighted by Crippen LogP contribution is 2.34. The fourth-order valence-electron chi connectivity index (χ4n) is 4.13. The standard InChI is InChI=1S/C23H29N3O3/c1-15-12-19(22-24-23(29-26-22)18-8-5-4-6-9-18)13-16(2)21(15)27-11-7-10-20-14-17(3)25-28-20/h12-14,18H,4-11H2,1-3H3. The van der Waals surface area contributed by atoms with Gasteiger partial charge in [0.15, 0.2) is 0 Å². The number of rotatable bonds is 7. The lowest BCUT2D eigenvalue weighted by molar-refractivity contribution is 0.296. The van der Waals surface area contributed by atoms with Gasteiger partial charge in [0.2, 0.25) is 11.7 Å². The maximum Gasteiger partial charge on any atom is 0.230 e. The molecule has 0 N–H and O–H groups in total. The maximum absolute atomic E-state index is 6.06. The van der Waals surface area contributed by atoms with Gasteiger partial charge >= 0.3 is 0 Å². The molecule has 2 heterocycles. The zero-order valence-corrected chi connectivity index (χ0v) is 17.5.